The standard InChI is InChI=1S/C7H6N4O3S2/c12-5-1-3-6(4-2-5)16(13,14)9-7-8-10-11-15-7/h1-4,12H,(H,8,9,11). The van der Waals surface area contributed by atoms with E-state index in [9.17, 15) is 8.42 Å². The van der Waals surface area contributed by atoms with Crippen LogP contribution in [0.25, 0.3) is 0 Å². The summed E-state index contributed by atoms with van der Waals surface area (Å²) in [6.45, 7) is 0. The van der Waals surface area contributed by atoms with Crippen molar-refractivity contribution in [2.75, 3.05) is 4.72 Å². The largest absolute Gasteiger partial charge is 0.508 e. The number of benzene rings is 1. The van der Waals surface area contributed by atoms with Gasteiger partial charge in [-0.15, -0.1) is 0 Å². The van der Waals surface area contributed by atoms with Gasteiger partial charge in [-0.05, 0) is 29.5 Å². The number of phenolic OH excluding ortho intramolecular Hbond substituents is 1. The lowest BCUT2D eigenvalue weighted by atomic mass is 10.3. The number of rotatable bonds is 3. The molecule has 0 aliphatic carbocycles. The molecule has 0 bridgehead atoms. The highest BCUT2D eigenvalue weighted by Crippen LogP contribution is 2.17. The molecule has 0 fully saturated rings. The minimum atomic E-state index is -3.69. The monoisotopic (exact) mass is 258 g/mol. The van der Waals surface area contributed by atoms with Crippen molar-refractivity contribution in [1.82, 2.24) is 14.8 Å². The van der Waals surface area contributed by atoms with E-state index in [1.807, 2.05) is 0 Å². The van der Waals surface area contributed by atoms with Gasteiger partial charge in [-0.2, -0.15) is 0 Å². The van der Waals surface area contributed by atoms with Gasteiger partial charge in [-0.3, -0.25) is 4.72 Å². The number of hydrogen-bond acceptors (Lipinski definition) is 7. The molecule has 1 heterocycles. The lowest BCUT2D eigenvalue weighted by Gasteiger charge is -2.03. The van der Waals surface area contributed by atoms with E-state index in [0.29, 0.717) is 0 Å². The van der Waals surface area contributed by atoms with E-state index in [1.54, 1.807) is 0 Å². The first-order chi connectivity index (χ1) is 7.58. The van der Waals surface area contributed by atoms with Gasteiger partial charge in [0.2, 0.25) is 5.13 Å². The molecule has 2 rings (SSSR count). The van der Waals surface area contributed by atoms with Crippen molar-refractivity contribution < 1.29 is 13.5 Å². The van der Waals surface area contributed by atoms with Crippen LogP contribution in [0.15, 0.2) is 29.2 Å². The third-order valence-electron chi connectivity index (χ3n) is 1.67. The summed E-state index contributed by atoms with van der Waals surface area (Å²) >= 11 is 0.836. The first-order valence-electron chi connectivity index (χ1n) is 4.05. The topological polar surface area (TPSA) is 105 Å². The van der Waals surface area contributed by atoms with E-state index in [4.69, 9.17) is 5.11 Å². The summed E-state index contributed by atoms with van der Waals surface area (Å²) in [4.78, 5) is 0.0282. The normalized spacial score (nSPS) is 11.2. The van der Waals surface area contributed by atoms with Gasteiger partial charge >= 0.3 is 0 Å². The Bertz CT molecular complexity index is 564. The maximum absolute atomic E-state index is 11.7. The molecule has 9 heteroatoms. The first-order valence-corrected chi connectivity index (χ1v) is 6.30. The van der Waals surface area contributed by atoms with Crippen molar-refractivity contribution in [3.05, 3.63) is 24.3 Å². The summed E-state index contributed by atoms with van der Waals surface area (Å²) in [6, 6.07) is 5.14. The number of hydrogen-bond donors (Lipinski definition) is 2. The van der Waals surface area contributed by atoms with Crippen LogP contribution in [0.1, 0.15) is 0 Å². The summed E-state index contributed by atoms with van der Waals surface area (Å²) in [7, 11) is -3.69. The van der Waals surface area contributed by atoms with E-state index < -0.39 is 10.0 Å². The molecule has 0 radical (unpaired) electrons. The Morgan fingerprint density at radius 1 is 1.25 bits per heavy atom. The van der Waals surface area contributed by atoms with Crippen LogP contribution in [-0.4, -0.2) is 28.3 Å². The van der Waals surface area contributed by atoms with Gasteiger partial charge in [-0.1, -0.05) is 9.59 Å². The highest BCUT2D eigenvalue weighted by molar-refractivity contribution is 7.93. The SMILES string of the molecule is O=S(=O)(Nc1nnns1)c1ccc(O)cc1. The van der Waals surface area contributed by atoms with Gasteiger partial charge in [0, 0.05) is 11.5 Å². The average Bonchev–Trinajstić information content (AvgIpc) is 2.70. The number of aromatic nitrogens is 3. The van der Waals surface area contributed by atoms with E-state index in [0.717, 1.165) is 11.5 Å². The van der Waals surface area contributed by atoms with Crippen LogP contribution < -0.4 is 4.72 Å². The zero-order valence-corrected chi connectivity index (χ0v) is 9.36. The van der Waals surface area contributed by atoms with Crippen LogP contribution in [0, 0.1) is 0 Å². The van der Waals surface area contributed by atoms with E-state index in [1.165, 1.54) is 24.3 Å². The van der Waals surface area contributed by atoms with Crippen molar-refractivity contribution >= 4 is 26.7 Å². The summed E-state index contributed by atoms with van der Waals surface area (Å²) in [5, 5.41) is 15.9. The van der Waals surface area contributed by atoms with Crippen LogP contribution in [-0.2, 0) is 10.0 Å². The summed E-state index contributed by atoms with van der Waals surface area (Å²) in [5.74, 6) is -0.00321. The fraction of sp³-hybridized carbons (Fsp3) is 0. The number of sulfonamides is 1. The van der Waals surface area contributed by atoms with E-state index in [-0.39, 0.29) is 15.8 Å². The zero-order valence-electron chi connectivity index (χ0n) is 7.73. The van der Waals surface area contributed by atoms with Crippen LogP contribution in [0.4, 0.5) is 5.13 Å². The number of phenols is 1. The smallest absolute Gasteiger partial charge is 0.263 e. The second kappa shape index (κ2) is 4.02. The predicted octanol–water partition coefficient (Wildman–Crippen LogP) is 0.439. The van der Waals surface area contributed by atoms with Crippen LogP contribution in [0.5, 0.6) is 5.75 Å². The number of nitrogens with one attached hydrogen (secondary N) is 1. The van der Waals surface area contributed by atoms with Crippen LogP contribution in [0.2, 0.25) is 0 Å². The molecule has 1 aromatic heterocycles. The Labute approximate surface area is 95.0 Å². The molecule has 2 N–H and O–H groups in total. The van der Waals surface area contributed by atoms with Gasteiger partial charge in [0.25, 0.3) is 10.0 Å². The molecular formula is C7H6N4O3S2. The van der Waals surface area contributed by atoms with Gasteiger partial charge in [0.1, 0.15) is 5.75 Å². The minimum absolute atomic E-state index is 0.00321. The Kier molecular flexibility index (Phi) is 2.71. The molecule has 0 saturated heterocycles. The lowest BCUT2D eigenvalue weighted by Crippen LogP contribution is -2.12. The number of anilines is 1. The van der Waals surface area contributed by atoms with Gasteiger partial charge in [-0.25, -0.2) is 8.42 Å². The van der Waals surface area contributed by atoms with E-state index in [2.05, 4.69) is 19.5 Å². The van der Waals surface area contributed by atoms with Crippen molar-refractivity contribution in [3.8, 4) is 5.75 Å². The number of aromatic hydroxyl groups is 1. The maximum atomic E-state index is 11.7. The third kappa shape index (κ3) is 2.25. The highest BCUT2D eigenvalue weighted by Gasteiger charge is 2.15. The fourth-order valence-electron chi connectivity index (χ4n) is 0.972. The van der Waals surface area contributed by atoms with Crippen molar-refractivity contribution in [2.45, 2.75) is 4.90 Å². The summed E-state index contributed by atoms with van der Waals surface area (Å²) in [6.07, 6.45) is 0. The number of nitrogens with zero attached hydrogens (tertiary/aromatic N) is 3. The van der Waals surface area contributed by atoms with E-state index >= 15 is 0 Å². The zero-order chi connectivity index (χ0) is 11.6. The van der Waals surface area contributed by atoms with Gasteiger partial charge in [0.15, 0.2) is 0 Å². The molecule has 0 saturated carbocycles. The predicted molar refractivity (Wildman–Crippen MR) is 56.6 cm³/mol. The molecular weight excluding hydrogens is 252 g/mol. The van der Waals surface area contributed by atoms with Gasteiger partial charge in [0.05, 0.1) is 4.90 Å². The Hall–Kier alpha value is -1.74. The Balaban J connectivity index is 2.29. The minimum Gasteiger partial charge on any atom is -0.508 e. The Morgan fingerprint density at radius 3 is 2.50 bits per heavy atom. The maximum Gasteiger partial charge on any atom is 0.263 e. The quantitative estimate of drug-likeness (QED) is 0.827. The second-order valence-electron chi connectivity index (χ2n) is 2.77. The fourth-order valence-corrected chi connectivity index (χ4v) is 2.56. The summed E-state index contributed by atoms with van der Waals surface area (Å²) < 4.78 is 29.1. The molecule has 7 nitrogen and oxygen atoms in total. The third-order valence-corrected chi connectivity index (χ3v) is 3.66. The lowest BCUT2D eigenvalue weighted by molar-refractivity contribution is 0.475. The first kappa shape index (κ1) is 10.8. The molecule has 0 atom stereocenters. The molecule has 16 heavy (non-hydrogen) atoms. The molecule has 1 aromatic carbocycles. The van der Waals surface area contributed by atoms with Crippen LogP contribution >= 0.6 is 11.5 Å². The molecule has 0 amide bonds. The molecule has 0 aliphatic rings. The van der Waals surface area contributed by atoms with Crippen molar-refractivity contribution in [1.29, 1.82) is 0 Å². The molecule has 0 unspecified atom stereocenters. The summed E-state index contributed by atoms with van der Waals surface area (Å²) in [5.41, 5.74) is 0. The van der Waals surface area contributed by atoms with Crippen molar-refractivity contribution in [3.63, 3.8) is 0 Å². The molecule has 84 valence electrons. The van der Waals surface area contributed by atoms with Gasteiger partial charge < -0.3 is 5.11 Å². The average molecular weight is 258 g/mol. The molecule has 0 aliphatic heterocycles. The molecule has 2 aromatic rings. The van der Waals surface area contributed by atoms with Crippen LogP contribution in [0.3, 0.4) is 0 Å². The van der Waals surface area contributed by atoms with Crippen molar-refractivity contribution in [2.24, 2.45) is 0 Å². The highest BCUT2D eigenvalue weighted by atomic mass is 32.2. The molecule has 0 spiro atoms. The second-order valence-corrected chi connectivity index (χ2v) is 5.18. The Morgan fingerprint density at radius 2 is 1.94 bits per heavy atom.